The molecule has 0 atom stereocenters. The van der Waals surface area contributed by atoms with Crippen molar-refractivity contribution < 1.29 is 5.11 Å². The zero-order valence-electron chi connectivity index (χ0n) is 9.48. The maximum Gasteiger partial charge on any atom is 0.124 e. The molecule has 2 aromatic carbocycles. The lowest BCUT2D eigenvalue weighted by atomic mass is 10.2. The molecule has 4 heteroatoms. The summed E-state index contributed by atoms with van der Waals surface area (Å²) >= 11 is 6.75. The van der Waals surface area contributed by atoms with E-state index < -0.39 is 0 Å². The maximum absolute atomic E-state index is 9.65. The molecule has 0 saturated carbocycles. The largest absolute Gasteiger partial charge is 0.507 e. The van der Waals surface area contributed by atoms with E-state index in [1.807, 2.05) is 30.3 Å². The topological polar surface area (TPSA) is 32.6 Å². The van der Waals surface area contributed by atoms with E-state index in [1.54, 1.807) is 18.3 Å². The minimum absolute atomic E-state index is 0.234. The molecule has 0 heterocycles. The van der Waals surface area contributed by atoms with E-state index in [2.05, 4.69) is 36.9 Å². The third kappa shape index (κ3) is 3.68. The van der Waals surface area contributed by atoms with Crippen molar-refractivity contribution in [1.82, 2.24) is 0 Å². The zero-order valence-corrected chi connectivity index (χ0v) is 12.6. The molecule has 2 nitrogen and oxygen atoms in total. The van der Waals surface area contributed by atoms with Crippen molar-refractivity contribution in [3.8, 4) is 5.75 Å². The van der Waals surface area contributed by atoms with Gasteiger partial charge in [-0.25, -0.2) is 0 Å². The summed E-state index contributed by atoms with van der Waals surface area (Å²) < 4.78 is 1.98. The van der Waals surface area contributed by atoms with Gasteiger partial charge in [0.05, 0.1) is 6.54 Å². The highest BCUT2D eigenvalue weighted by Crippen LogP contribution is 2.20. The van der Waals surface area contributed by atoms with E-state index in [0.717, 1.165) is 14.5 Å². The fraction of sp³-hybridized carbons (Fsp3) is 0.0714. The second-order valence-electron chi connectivity index (χ2n) is 3.80. The molecular weight excluding hydrogens is 358 g/mol. The van der Waals surface area contributed by atoms with Gasteiger partial charge in [-0.05, 0) is 35.9 Å². The van der Waals surface area contributed by atoms with Crippen molar-refractivity contribution in [2.45, 2.75) is 6.54 Å². The van der Waals surface area contributed by atoms with Gasteiger partial charge < -0.3 is 5.11 Å². The number of hydrogen-bond acceptors (Lipinski definition) is 2. The smallest absolute Gasteiger partial charge is 0.124 e. The number of phenols is 1. The number of phenolic OH excluding ortho intramolecular Hbond substituents is 1. The molecular formula is C14H11Br2NO. The summed E-state index contributed by atoms with van der Waals surface area (Å²) in [6, 6.07) is 13.3. The number of hydrogen-bond donors (Lipinski definition) is 1. The Bertz CT molecular complexity index is 565. The first kappa shape index (κ1) is 13.3. The van der Waals surface area contributed by atoms with Gasteiger partial charge in [0.1, 0.15) is 5.75 Å². The highest BCUT2D eigenvalue weighted by molar-refractivity contribution is 9.10. The third-order valence-corrected chi connectivity index (χ3v) is 3.43. The number of nitrogens with zero attached hydrogens (tertiary/aromatic N) is 1. The predicted octanol–water partition coefficient (Wildman–Crippen LogP) is 4.54. The molecule has 0 saturated heterocycles. The van der Waals surface area contributed by atoms with Crippen LogP contribution < -0.4 is 0 Å². The molecule has 2 aromatic rings. The summed E-state index contributed by atoms with van der Waals surface area (Å²) in [4.78, 5) is 4.32. The number of halogens is 2. The molecule has 0 amide bonds. The van der Waals surface area contributed by atoms with E-state index in [0.29, 0.717) is 12.1 Å². The molecule has 18 heavy (non-hydrogen) atoms. The van der Waals surface area contributed by atoms with Crippen LogP contribution in [0.5, 0.6) is 5.75 Å². The van der Waals surface area contributed by atoms with E-state index in [4.69, 9.17) is 0 Å². The molecule has 0 fully saturated rings. The van der Waals surface area contributed by atoms with Crippen molar-refractivity contribution >= 4 is 38.1 Å². The third-order valence-electron chi connectivity index (χ3n) is 2.41. The summed E-state index contributed by atoms with van der Waals surface area (Å²) in [6.45, 7) is 0.596. The Labute approximate surface area is 123 Å². The predicted molar refractivity (Wildman–Crippen MR) is 81.2 cm³/mol. The first-order chi connectivity index (χ1) is 8.65. The van der Waals surface area contributed by atoms with E-state index >= 15 is 0 Å². The fourth-order valence-corrected chi connectivity index (χ4v) is 2.11. The van der Waals surface area contributed by atoms with Gasteiger partial charge >= 0.3 is 0 Å². The number of rotatable bonds is 3. The van der Waals surface area contributed by atoms with Gasteiger partial charge in [-0.2, -0.15) is 0 Å². The molecule has 0 radical (unpaired) electrons. The van der Waals surface area contributed by atoms with E-state index in [-0.39, 0.29) is 5.75 Å². The normalized spacial score (nSPS) is 11.0. The molecule has 0 aliphatic heterocycles. The zero-order chi connectivity index (χ0) is 13.0. The first-order valence-corrected chi connectivity index (χ1v) is 6.96. The van der Waals surface area contributed by atoms with Crippen molar-refractivity contribution in [3.63, 3.8) is 0 Å². The van der Waals surface area contributed by atoms with Crippen LogP contribution in [0.25, 0.3) is 0 Å². The molecule has 0 unspecified atom stereocenters. The van der Waals surface area contributed by atoms with Crippen LogP contribution in [0.3, 0.4) is 0 Å². The van der Waals surface area contributed by atoms with Gasteiger partial charge in [0.15, 0.2) is 0 Å². The lowest BCUT2D eigenvalue weighted by molar-refractivity contribution is 0.474. The highest BCUT2D eigenvalue weighted by atomic mass is 79.9. The van der Waals surface area contributed by atoms with Crippen molar-refractivity contribution in [1.29, 1.82) is 0 Å². The Morgan fingerprint density at radius 1 is 1.00 bits per heavy atom. The average molecular weight is 369 g/mol. The van der Waals surface area contributed by atoms with Crippen LogP contribution in [0.4, 0.5) is 0 Å². The Balaban J connectivity index is 2.07. The molecule has 1 N–H and O–H groups in total. The molecule has 0 aliphatic rings. The Kier molecular flexibility index (Phi) is 4.55. The quantitative estimate of drug-likeness (QED) is 0.792. The molecule has 0 spiro atoms. The molecule has 0 aliphatic carbocycles. The highest BCUT2D eigenvalue weighted by Gasteiger charge is 1.98. The van der Waals surface area contributed by atoms with Crippen molar-refractivity contribution in [3.05, 3.63) is 62.5 Å². The van der Waals surface area contributed by atoms with Crippen LogP contribution in [0.1, 0.15) is 11.1 Å². The van der Waals surface area contributed by atoms with Gasteiger partial charge in [-0.3, -0.25) is 4.99 Å². The molecule has 92 valence electrons. The first-order valence-electron chi connectivity index (χ1n) is 5.38. The van der Waals surface area contributed by atoms with Crippen molar-refractivity contribution in [2.75, 3.05) is 0 Å². The number of benzene rings is 2. The minimum atomic E-state index is 0.234. The summed E-state index contributed by atoms with van der Waals surface area (Å²) in [7, 11) is 0. The SMILES string of the molecule is Oc1ccc(Br)cc1C=NCc1ccc(Br)cc1. The molecule has 2 rings (SSSR count). The minimum Gasteiger partial charge on any atom is -0.507 e. The van der Waals surface area contributed by atoms with Crippen molar-refractivity contribution in [2.24, 2.45) is 4.99 Å². The summed E-state index contributed by atoms with van der Waals surface area (Å²) in [5, 5.41) is 9.65. The Morgan fingerprint density at radius 2 is 1.67 bits per heavy atom. The standard InChI is InChI=1S/C14H11Br2NO/c15-12-3-1-10(2-4-12)8-17-9-11-7-13(16)5-6-14(11)18/h1-7,9,18H,8H2. The van der Waals surface area contributed by atoms with E-state index in [9.17, 15) is 5.11 Å². The van der Waals surface area contributed by atoms with Gasteiger partial charge in [0.2, 0.25) is 0 Å². The van der Waals surface area contributed by atoms with Crippen LogP contribution in [0.15, 0.2) is 56.4 Å². The van der Waals surface area contributed by atoms with E-state index in [1.165, 1.54) is 0 Å². The lowest BCUT2D eigenvalue weighted by Gasteiger charge is -2.00. The van der Waals surface area contributed by atoms with Crippen LogP contribution in [-0.2, 0) is 6.54 Å². The van der Waals surface area contributed by atoms with Crippen LogP contribution in [0.2, 0.25) is 0 Å². The lowest BCUT2D eigenvalue weighted by Crippen LogP contribution is -1.85. The monoisotopic (exact) mass is 367 g/mol. The van der Waals surface area contributed by atoms with Gasteiger partial charge in [-0.15, -0.1) is 0 Å². The number of aliphatic imine (C=N–C) groups is 1. The Hall–Kier alpha value is -1.13. The van der Waals surface area contributed by atoms with Gasteiger partial charge in [0.25, 0.3) is 0 Å². The van der Waals surface area contributed by atoms with Gasteiger partial charge in [0, 0.05) is 20.7 Å². The average Bonchev–Trinajstić information content (AvgIpc) is 2.36. The second kappa shape index (κ2) is 6.16. The van der Waals surface area contributed by atoms with Crippen LogP contribution in [-0.4, -0.2) is 11.3 Å². The second-order valence-corrected chi connectivity index (χ2v) is 5.63. The van der Waals surface area contributed by atoms with Crippen LogP contribution in [0, 0.1) is 0 Å². The fourth-order valence-electron chi connectivity index (χ4n) is 1.47. The van der Waals surface area contributed by atoms with Gasteiger partial charge in [-0.1, -0.05) is 44.0 Å². The maximum atomic E-state index is 9.65. The Morgan fingerprint density at radius 3 is 2.39 bits per heavy atom. The molecule has 0 bridgehead atoms. The summed E-state index contributed by atoms with van der Waals surface area (Å²) in [6.07, 6.45) is 1.68. The van der Waals surface area contributed by atoms with Crippen LogP contribution >= 0.6 is 31.9 Å². The molecule has 0 aromatic heterocycles. The summed E-state index contributed by atoms with van der Waals surface area (Å²) in [5.74, 6) is 0.234. The number of aromatic hydroxyl groups is 1. The summed E-state index contributed by atoms with van der Waals surface area (Å²) in [5.41, 5.74) is 1.84.